The van der Waals surface area contributed by atoms with Crippen LogP contribution in [-0.2, 0) is 12.7 Å². The number of rotatable bonds is 6. The second-order valence-corrected chi connectivity index (χ2v) is 8.19. The van der Waals surface area contributed by atoms with Crippen LogP contribution in [0.1, 0.15) is 40.1 Å². The van der Waals surface area contributed by atoms with Gasteiger partial charge in [-0.3, -0.25) is 14.2 Å². The molecule has 4 aromatic rings. The third kappa shape index (κ3) is 5.50. The van der Waals surface area contributed by atoms with Crippen LogP contribution in [0.4, 0.5) is 17.6 Å². The van der Waals surface area contributed by atoms with Crippen molar-refractivity contribution >= 4 is 5.91 Å². The van der Waals surface area contributed by atoms with E-state index in [4.69, 9.17) is 0 Å². The van der Waals surface area contributed by atoms with Gasteiger partial charge in [0, 0.05) is 0 Å². The van der Waals surface area contributed by atoms with Gasteiger partial charge in [-0.15, -0.1) is 0 Å². The number of nitrogens with one attached hydrogen (secondary N) is 1. The molecule has 1 atom stereocenters. The van der Waals surface area contributed by atoms with Crippen molar-refractivity contribution in [2.75, 3.05) is 0 Å². The highest BCUT2D eigenvalue weighted by molar-refractivity contribution is 5.92. The van der Waals surface area contributed by atoms with E-state index in [1.165, 1.54) is 24.3 Å². The topological polar surface area (TPSA) is 86.0 Å². The SMILES string of the molecule is C[C@H](NC(=O)c1nn(-c2ccccc2F)c(=O)n(Cc2cccc(C(F)(F)F)c2)c1=O)c1ccccc1. The fourth-order valence-corrected chi connectivity index (χ4v) is 3.70. The standard InChI is InChI=1S/C26H20F4N4O3/c1-16(18-9-3-2-4-10-18)31-23(35)22-24(36)33(15-17-8-7-11-19(14-17)26(28,29)30)25(37)34(32-22)21-13-6-5-12-20(21)27/h2-14,16H,15H2,1H3,(H,31,35)/t16-/m0/s1. The number of halogens is 4. The molecule has 0 fully saturated rings. The summed E-state index contributed by atoms with van der Waals surface area (Å²) in [5.74, 6) is -1.80. The van der Waals surface area contributed by atoms with Gasteiger partial charge in [-0.25, -0.2) is 9.18 Å². The molecule has 1 heterocycles. The van der Waals surface area contributed by atoms with Gasteiger partial charge in [-0.1, -0.05) is 54.6 Å². The lowest BCUT2D eigenvalue weighted by atomic mass is 10.1. The minimum atomic E-state index is -4.65. The predicted molar refractivity (Wildman–Crippen MR) is 127 cm³/mol. The summed E-state index contributed by atoms with van der Waals surface area (Å²) in [6.07, 6.45) is -4.65. The second-order valence-electron chi connectivity index (χ2n) is 8.19. The molecule has 0 aliphatic rings. The Labute approximate surface area is 207 Å². The van der Waals surface area contributed by atoms with E-state index < -0.39 is 53.0 Å². The zero-order chi connectivity index (χ0) is 26.7. The molecule has 1 aromatic heterocycles. The van der Waals surface area contributed by atoms with Crippen molar-refractivity contribution in [3.63, 3.8) is 0 Å². The van der Waals surface area contributed by atoms with Crippen molar-refractivity contribution in [2.24, 2.45) is 0 Å². The Hall–Kier alpha value is -4.54. The molecule has 0 bridgehead atoms. The summed E-state index contributed by atoms with van der Waals surface area (Å²) in [4.78, 5) is 39.5. The monoisotopic (exact) mass is 512 g/mol. The van der Waals surface area contributed by atoms with E-state index in [1.54, 1.807) is 37.3 Å². The van der Waals surface area contributed by atoms with Crippen molar-refractivity contribution in [2.45, 2.75) is 25.7 Å². The van der Waals surface area contributed by atoms with Crippen LogP contribution in [0.2, 0.25) is 0 Å². The van der Waals surface area contributed by atoms with E-state index in [1.807, 2.05) is 0 Å². The lowest BCUT2D eigenvalue weighted by Gasteiger charge is -2.16. The number of amides is 1. The van der Waals surface area contributed by atoms with Crippen molar-refractivity contribution < 1.29 is 22.4 Å². The molecule has 1 amide bonds. The summed E-state index contributed by atoms with van der Waals surface area (Å²) >= 11 is 0. The largest absolute Gasteiger partial charge is 0.416 e. The molecule has 0 saturated carbocycles. The third-order valence-electron chi connectivity index (χ3n) is 5.60. The smallest absolute Gasteiger partial charge is 0.344 e. The molecule has 0 unspecified atom stereocenters. The molecule has 4 rings (SSSR count). The molecular formula is C26H20F4N4O3. The number of aromatic nitrogens is 3. The molecule has 0 aliphatic heterocycles. The molecule has 3 aromatic carbocycles. The maximum atomic E-state index is 14.6. The highest BCUT2D eigenvalue weighted by Crippen LogP contribution is 2.29. The van der Waals surface area contributed by atoms with Crippen LogP contribution in [-0.4, -0.2) is 20.3 Å². The third-order valence-corrected chi connectivity index (χ3v) is 5.60. The highest BCUT2D eigenvalue weighted by Gasteiger charge is 2.30. The first-order valence-electron chi connectivity index (χ1n) is 11.1. The van der Waals surface area contributed by atoms with Crippen LogP contribution >= 0.6 is 0 Å². The van der Waals surface area contributed by atoms with E-state index in [2.05, 4.69) is 10.4 Å². The Kier molecular flexibility index (Phi) is 7.05. The fourth-order valence-electron chi connectivity index (χ4n) is 3.70. The Morgan fingerprint density at radius 2 is 1.65 bits per heavy atom. The quantitative estimate of drug-likeness (QED) is 0.395. The van der Waals surface area contributed by atoms with Gasteiger partial charge >= 0.3 is 11.9 Å². The van der Waals surface area contributed by atoms with Crippen molar-refractivity contribution in [3.05, 3.63) is 128 Å². The maximum absolute atomic E-state index is 14.6. The number of para-hydroxylation sites is 1. The minimum Gasteiger partial charge on any atom is -0.344 e. The molecule has 11 heteroatoms. The van der Waals surface area contributed by atoms with Crippen LogP contribution in [0.15, 0.2) is 88.5 Å². The summed E-state index contributed by atoms with van der Waals surface area (Å²) in [6, 6.07) is 17.4. The van der Waals surface area contributed by atoms with Crippen LogP contribution < -0.4 is 16.6 Å². The zero-order valence-corrected chi connectivity index (χ0v) is 19.4. The summed E-state index contributed by atoms with van der Waals surface area (Å²) in [7, 11) is 0. The molecule has 0 radical (unpaired) electrons. The first-order chi connectivity index (χ1) is 17.6. The summed E-state index contributed by atoms with van der Waals surface area (Å²) < 4.78 is 55.2. The lowest BCUT2D eigenvalue weighted by Crippen LogP contribution is -2.46. The zero-order valence-electron chi connectivity index (χ0n) is 19.4. The fraction of sp³-hybridized carbons (Fsp3) is 0.154. The summed E-state index contributed by atoms with van der Waals surface area (Å²) in [5, 5.41) is 6.46. The number of hydrogen-bond donors (Lipinski definition) is 1. The van der Waals surface area contributed by atoms with E-state index >= 15 is 0 Å². The molecule has 190 valence electrons. The molecular weight excluding hydrogens is 492 g/mol. The van der Waals surface area contributed by atoms with Gasteiger partial charge in [-0.05, 0) is 42.3 Å². The number of hydrogen-bond acceptors (Lipinski definition) is 4. The van der Waals surface area contributed by atoms with Gasteiger partial charge in [0.05, 0.1) is 18.2 Å². The lowest BCUT2D eigenvalue weighted by molar-refractivity contribution is -0.137. The first kappa shape index (κ1) is 25.5. The predicted octanol–water partition coefficient (Wildman–Crippen LogP) is 4.09. The number of carbonyl (C=O) groups is 1. The second kappa shape index (κ2) is 10.2. The number of benzene rings is 3. The maximum Gasteiger partial charge on any atom is 0.416 e. The van der Waals surface area contributed by atoms with E-state index in [0.29, 0.717) is 9.25 Å². The summed E-state index contributed by atoms with van der Waals surface area (Å²) in [6.45, 7) is 1.06. The van der Waals surface area contributed by atoms with Crippen molar-refractivity contribution in [1.82, 2.24) is 19.7 Å². The average Bonchev–Trinajstić information content (AvgIpc) is 2.87. The highest BCUT2D eigenvalue weighted by atomic mass is 19.4. The molecule has 7 nitrogen and oxygen atoms in total. The summed E-state index contributed by atoms with van der Waals surface area (Å²) in [5.41, 5.74) is -3.59. The average molecular weight is 512 g/mol. The Bertz CT molecular complexity index is 1560. The van der Waals surface area contributed by atoms with E-state index in [0.717, 1.165) is 29.8 Å². The van der Waals surface area contributed by atoms with Crippen molar-refractivity contribution in [1.29, 1.82) is 0 Å². The Morgan fingerprint density at radius 1 is 0.973 bits per heavy atom. The van der Waals surface area contributed by atoms with Crippen LogP contribution in [0.5, 0.6) is 0 Å². The number of nitrogens with zero attached hydrogens (tertiary/aromatic N) is 3. The van der Waals surface area contributed by atoms with Gasteiger partial charge in [0.2, 0.25) is 5.69 Å². The van der Waals surface area contributed by atoms with Gasteiger partial charge < -0.3 is 5.32 Å². The number of alkyl halides is 3. The van der Waals surface area contributed by atoms with E-state index in [9.17, 15) is 31.9 Å². The molecule has 0 aliphatic carbocycles. The minimum absolute atomic E-state index is 0.0238. The van der Waals surface area contributed by atoms with Gasteiger partial charge in [0.25, 0.3) is 11.5 Å². The molecule has 37 heavy (non-hydrogen) atoms. The van der Waals surface area contributed by atoms with E-state index in [-0.39, 0.29) is 11.3 Å². The van der Waals surface area contributed by atoms with Gasteiger partial charge in [0.1, 0.15) is 11.5 Å². The van der Waals surface area contributed by atoms with Crippen LogP contribution in [0.25, 0.3) is 5.69 Å². The van der Waals surface area contributed by atoms with Crippen molar-refractivity contribution in [3.8, 4) is 5.69 Å². The normalized spacial score (nSPS) is 12.2. The molecule has 0 spiro atoms. The molecule has 1 N–H and O–H groups in total. The molecule has 0 saturated heterocycles. The van der Waals surface area contributed by atoms with Crippen LogP contribution in [0.3, 0.4) is 0 Å². The van der Waals surface area contributed by atoms with Crippen LogP contribution in [0, 0.1) is 5.82 Å². The van der Waals surface area contributed by atoms with Gasteiger partial charge in [0.15, 0.2) is 0 Å². The van der Waals surface area contributed by atoms with Gasteiger partial charge in [-0.2, -0.15) is 23.0 Å². The number of carbonyl (C=O) groups excluding carboxylic acids is 1. The Balaban J connectivity index is 1.83. The first-order valence-corrected chi connectivity index (χ1v) is 11.1. The Morgan fingerprint density at radius 3 is 2.32 bits per heavy atom.